The van der Waals surface area contributed by atoms with Gasteiger partial charge in [0.1, 0.15) is 11.5 Å². The van der Waals surface area contributed by atoms with E-state index in [9.17, 15) is 14.0 Å². The highest BCUT2D eigenvalue weighted by molar-refractivity contribution is 6.35. The van der Waals surface area contributed by atoms with E-state index in [-0.39, 0.29) is 24.2 Å². The molecule has 1 aromatic heterocycles. The van der Waals surface area contributed by atoms with E-state index in [1.165, 1.54) is 22.6 Å². The average molecular weight is 413 g/mol. The molecule has 154 valence electrons. The number of amides is 2. The van der Waals surface area contributed by atoms with Crippen molar-refractivity contribution in [1.82, 2.24) is 14.8 Å². The summed E-state index contributed by atoms with van der Waals surface area (Å²) < 4.78 is 13.5. The molecule has 0 N–H and O–H groups in total. The summed E-state index contributed by atoms with van der Waals surface area (Å²) in [7, 11) is 0. The number of pyridine rings is 1. The Kier molecular flexibility index (Phi) is 4.82. The Morgan fingerprint density at radius 3 is 2.35 bits per heavy atom. The number of hydrogen-bond donors (Lipinski definition) is 0. The van der Waals surface area contributed by atoms with Crippen molar-refractivity contribution < 1.29 is 14.0 Å². The van der Waals surface area contributed by atoms with Crippen LogP contribution in [-0.4, -0.2) is 33.1 Å². The molecule has 0 radical (unpaired) electrons. The minimum absolute atomic E-state index is 0.0944. The van der Waals surface area contributed by atoms with Crippen molar-refractivity contribution in [3.63, 3.8) is 0 Å². The average Bonchev–Trinajstić information content (AvgIpc) is 3.05. The lowest BCUT2D eigenvalue weighted by Gasteiger charge is -2.31. The maximum absolute atomic E-state index is 13.5. The number of carbonyl (C=O) groups is 2. The molecule has 3 heterocycles. The first kappa shape index (κ1) is 19.2. The van der Waals surface area contributed by atoms with E-state index in [0.717, 1.165) is 12.0 Å². The molecule has 31 heavy (non-hydrogen) atoms. The molecule has 3 aromatic rings. The van der Waals surface area contributed by atoms with E-state index in [1.54, 1.807) is 30.5 Å². The smallest absolute Gasteiger partial charge is 0.278 e. The van der Waals surface area contributed by atoms with Gasteiger partial charge >= 0.3 is 0 Å². The summed E-state index contributed by atoms with van der Waals surface area (Å²) >= 11 is 0. The van der Waals surface area contributed by atoms with Crippen LogP contribution in [0.2, 0.25) is 0 Å². The van der Waals surface area contributed by atoms with Crippen molar-refractivity contribution in [2.24, 2.45) is 0 Å². The topological polar surface area (TPSA) is 53.5 Å². The van der Waals surface area contributed by atoms with Crippen LogP contribution in [0.25, 0.3) is 5.57 Å². The summed E-state index contributed by atoms with van der Waals surface area (Å²) in [4.78, 5) is 34.4. The summed E-state index contributed by atoms with van der Waals surface area (Å²) in [6.45, 7) is 1.28. The van der Waals surface area contributed by atoms with Gasteiger partial charge in [-0.05, 0) is 47.4 Å². The highest BCUT2D eigenvalue weighted by atomic mass is 19.1. The van der Waals surface area contributed by atoms with Gasteiger partial charge in [-0.3, -0.25) is 19.5 Å². The van der Waals surface area contributed by atoms with Gasteiger partial charge in [0.25, 0.3) is 11.8 Å². The second-order valence-electron chi connectivity index (χ2n) is 7.69. The Morgan fingerprint density at radius 1 is 0.871 bits per heavy atom. The van der Waals surface area contributed by atoms with Gasteiger partial charge in [0.05, 0.1) is 17.8 Å². The Balaban J connectivity index is 1.56. The number of rotatable bonds is 4. The first-order valence-corrected chi connectivity index (χ1v) is 10.2. The lowest BCUT2D eigenvalue weighted by atomic mass is 9.98. The lowest BCUT2D eigenvalue weighted by Crippen LogP contribution is -2.37. The van der Waals surface area contributed by atoms with Crippen molar-refractivity contribution in [3.05, 3.63) is 107 Å². The van der Waals surface area contributed by atoms with E-state index in [4.69, 9.17) is 0 Å². The maximum Gasteiger partial charge on any atom is 0.278 e. The number of fused-ring (bicyclic) bond motifs is 1. The van der Waals surface area contributed by atoms with E-state index in [1.807, 2.05) is 29.2 Å². The number of hydrogen-bond acceptors (Lipinski definition) is 4. The number of halogens is 1. The molecular weight excluding hydrogens is 393 g/mol. The quantitative estimate of drug-likeness (QED) is 0.614. The first-order chi connectivity index (χ1) is 15.1. The fourth-order valence-corrected chi connectivity index (χ4v) is 4.22. The number of aromatic nitrogens is 1. The highest BCUT2D eigenvalue weighted by Gasteiger charge is 2.42. The fraction of sp³-hybridized carbons (Fsp3) is 0.160. The minimum atomic E-state index is -0.389. The number of carbonyl (C=O) groups excluding carboxylic acids is 2. The molecule has 0 saturated carbocycles. The Labute approximate surface area is 179 Å². The monoisotopic (exact) mass is 413 g/mol. The SMILES string of the molecule is O=C1C(c2ccc(F)cc2)=C(N2CCc3ccccc3C2)C(=O)N1Cc1ccccn1. The molecule has 2 amide bonds. The molecule has 2 aliphatic rings. The van der Waals surface area contributed by atoms with Crippen LogP contribution in [0.5, 0.6) is 0 Å². The van der Waals surface area contributed by atoms with Gasteiger partial charge < -0.3 is 4.90 Å². The van der Waals surface area contributed by atoms with E-state index < -0.39 is 0 Å². The second kappa shape index (κ2) is 7.80. The van der Waals surface area contributed by atoms with Crippen LogP contribution in [0.4, 0.5) is 4.39 Å². The number of imide groups is 1. The summed E-state index contributed by atoms with van der Waals surface area (Å²) in [6.07, 6.45) is 2.43. The van der Waals surface area contributed by atoms with Crippen molar-refractivity contribution in [3.8, 4) is 0 Å². The zero-order chi connectivity index (χ0) is 21.4. The van der Waals surface area contributed by atoms with Crippen LogP contribution in [0, 0.1) is 5.82 Å². The molecule has 0 aliphatic carbocycles. The van der Waals surface area contributed by atoms with Crippen molar-refractivity contribution in [2.75, 3.05) is 6.54 Å². The summed E-state index contributed by atoms with van der Waals surface area (Å²) in [5, 5.41) is 0. The van der Waals surface area contributed by atoms with Gasteiger partial charge in [-0.15, -0.1) is 0 Å². The van der Waals surface area contributed by atoms with Gasteiger partial charge in [-0.1, -0.05) is 42.5 Å². The molecule has 0 saturated heterocycles. The third-order valence-corrected chi connectivity index (χ3v) is 5.77. The second-order valence-corrected chi connectivity index (χ2v) is 7.69. The van der Waals surface area contributed by atoms with Crippen LogP contribution in [0.3, 0.4) is 0 Å². The number of benzene rings is 2. The Morgan fingerprint density at radius 2 is 1.61 bits per heavy atom. The molecule has 6 heteroatoms. The highest BCUT2D eigenvalue weighted by Crippen LogP contribution is 2.35. The molecule has 5 nitrogen and oxygen atoms in total. The molecule has 2 aromatic carbocycles. The molecule has 0 fully saturated rings. The first-order valence-electron chi connectivity index (χ1n) is 10.2. The lowest BCUT2D eigenvalue weighted by molar-refractivity contribution is -0.138. The molecule has 5 rings (SSSR count). The zero-order valence-electron chi connectivity index (χ0n) is 16.8. The minimum Gasteiger partial charge on any atom is -0.362 e. The van der Waals surface area contributed by atoms with Gasteiger partial charge in [-0.25, -0.2) is 4.39 Å². The molecule has 0 atom stereocenters. The summed E-state index contributed by atoms with van der Waals surface area (Å²) in [6, 6.07) is 19.3. The van der Waals surface area contributed by atoms with Gasteiger partial charge in [-0.2, -0.15) is 0 Å². The predicted octanol–water partition coefficient (Wildman–Crippen LogP) is 3.56. The van der Waals surface area contributed by atoms with Gasteiger partial charge in [0.2, 0.25) is 0 Å². The fourth-order valence-electron chi connectivity index (χ4n) is 4.22. The largest absolute Gasteiger partial charge is 0.362 e. The predicted molar refractivity (Wildman–Crippen MR) is 114 cm³/mol. The number of nitrogens with zero attached hydrogens (tertiary/aromatic N) is 3. The maximum atomic E-state index is 13.5. The van der Waals surface area contributed by atoms with Crippen LogP contribution < -0.4 is 0 Å². The third-order valence-electron chi connectivity index (χ3n) is 5.77. The van der Waals surface area contributed by atoms with Crippen molar-refractivity contribution in [1.29, 1.82) is 0 Å². The van der Waals surface area contributed by atoms with Gasteiger partial charge in [0.15, 0.2) is 0 Å². The van der Waals surface area contributed by atoms with Crippen LogP contribution in [0.15, 0.2) is 78.6 Å². The Bertz CT molecular complexity index is 1190. The summed E-state index contributed by atoms with van der Waals surface area (Å²) in [5.41, 5.74) is 4.26. The van der Waals surface area contributed by atoms with Crippen molar-refractivity contribution >= 4 is 17.4 Å². The van der Waals surface area contributed by atoms with E-state index in [2.05, 4.69) is 11.1 Å². The van der Waals surface area contributed by atoms with Crippen LogP contribution >= 0.6 is 0 Å². The van der Waals surface area contributed by atoms with Crippen molar-refractivity contribution in [2.45, 2.75) is 19.5 Å². The normalized spacial score (nSPS) is 16.2. The van der Waals surface area contributed by atoms with E-state index >= 15 is 0 Å². The Hall–Kier alpha value is -3.80. The molecule has 0 bridgehead atoms. The standard InChI is InChI=1S/C25H20FN3O2/c26-20-10-8-18(9-11-20)22-23(28-14-12-17-5-1-2-6-19(17)15-28)25(31)29(24(22)30)16-21-7-3-4-13-27-21/h1-11,13H,12,14-16H2. The molecule has 2 aliphatic heterocycles. The molecule has 0 unspecified atom stereocenters. The molecule has 0 spiro atoms. The molecular formula is C25H20FN3O2. The van der Waals surface area contributed by atoms with Crippen LogP contribution in [0.1, 0.15) is 22.4 Å². The van der Waals surface area contributed by atoms with Gasteiger partial charge in [0, 0.05) is 19.3 Å². The summed E-state index contributed by atoms with van der Waals surface area (Å²) in [5.74, 6) is -1.11. The zero-order valence-corrected chi connectivity index (χ0v) is 16.8. The van der Waals surface area contributed by atoms with Crippen LogP contribution in [-0.2, 0) is 29.1 Å². The van der Waals surface area contributed by atoms with E-state index in [0.29, 0.717) is 35.6 Å². The third kappa shape index (κ3) is 3.50.